The minimum absolute atomic E-state index is 0.0504. The number of hydrogen-bond donors (Lipinski definition) is 3. The fourth-order valence-corrected chi connectivity index (χ4v) is 6.63. The summed E-state index contributed by atoms with van der Waals surface area (Å²) in [4.78, 5) is 39.8. The fourth-order valence-electron chi connectivity index (χ4n) is 6.63. The normalized spacial score (nSPS) is 14.5. The predicted molar refractivity (Wildman–Crippen MR) is 192 cm³/mol. The van der Waals surface area contributed by atoms with E-state index in [0.717, 1.165) is 50.2 Å². The molecular formula is C37H39N11O2. The van der Waals surface area contributed by atoms with Crippen LogP contribution in [0, 0.1) is 11.8 Å². The molecule has 1 aliphatic rings. The summed E-state index contributed by atoms with van der Waals surface area (Å²) in [6.45, 7) is 4.84. The van der Waals surface area contributed by atoms with Crippen LogP contribution >= 0.6 is 0 Å². The second-order valence-corrected chi connectivity index (χ2v) is 12.5. The van der Waals surface area contributed by atoms with Crippen LogP contribution in [0.2, 0.25) is 0 Å². The van der Waals surface area contributed by atoms with Gasteiger partial charge in [-0.25, -0.2) is 14.5 Å². The number of rotatable bonds is 8. The van der Waals surface area contributed by atoms with Crippen molar-refractivity contribution in [3.05, 3.63) is 112 Å². The first-order valence-corrected chi connectivity index (χ1v) is 16.8. The molecule has 13 heteroatoms. The maximum absolute atomic E-state index is 14.5. The number of para-hydroxylation sites is 1. The van der Waals surface area contributed by atoms with Crippen molar-refractivity contribution >= 4 is 28.3 Å². The van der Waals surface area contributed by atoms with E-state index in [1.54, 1.807) is 37.6 Å². The first kappa shape index (κ1) is 32.7. The second kappa shape index (κ2) is 13.9. The molecule has 0 bridgehead atoms. The highest BCUT2D eigenvalue weighted by molar-refractivity contribution is 6.04. The van der Waals surface area contributed by atoms with Crippen LogP contribution in [0.3, 0.4) is 0 Å². The summed E-state index contributed by atoms with van der Waals surface area (Å²) >= 11 is 0. The number of aryl methyl sites for hydroxylation is 1. The van der Waals surface area contributed by atoms with Crippen LogP contribution in [0.5, 0.6) is 0 Å². The van der Waals surface area contributed by atoms with Crippen molar-refractivity contribution in [3.8, 4) is 17.5 Å². The van der Waals surface area contributed by atoms with Gasteiger partial charge in [-0.1, -0.05) is 36.1 Å². The summed E-state index contributed by atoms with van der Waals surface area (Å²) < 4.78 is 4.87. The lowest BCUT2D eigenvalue weighted by Crippen LogP contribution is -2.42. The van der Waals surface area contributed by atoms with Crippen LogP contribution in [0.4, 0.5) is 5.82 Å². The zero-order valence-electron chi connectivity index (χ0n) is 28.3. The molecule has 0 aliphatic carbocycles. The van der Waals surface area contributed by atoms with Gasteiger partial charge in [0.05, 0.1) is 40.1 Å². The SMILES string of the molecule is CNC1CCN(CCc2c(C#Cc3cccc4nc([C@@H](C)NC(=O)c5c(N)nn6cccnc56)n(-c5ccccc5)c(=O)c34)cnn2C)CC1. The molecule has 4 N–H and O–H groups in total. The van der Waals surface area contributed by atoms with Gasteiger partial charge in [0.25, 0.3) is 11.5 Å². The quantitative estimate of drug-likeness (QED) is 0.208. The number of piperidine rings is 1. The zero-order chi connectivity index (χ0) is 34.8. The number of amides is 1. The third kappa shape index (κ3) is 6.34. The topological polar surface area (TPSA) is 153 Å². The number of nitrogen functional groups attached to an aromatic ring is 1. The van der Waals surface area contributed by atoms with E-state index in [0.29, 0.717) is 39.7 Å². The van der Waals surface area contributed by atoms with Crippen molar-refractivity contribution in [2.75, 3.05) is 32.4 Å². The number of fused-ring (bicyclic) bond motifs is 2. The molecule has 1 saturated heterocycles. The molecule has 2 aromatic carbocycles. The van der Waals surface area contributed by atoms with Crippen LogP contribution in [-0.4, -0.2) is 77.5 Å². The molecule has 13 nitrogen and oxygen atoms in total. The third-order valence-electron chi connectivity index (χ3n) is 9.38. The number of hydrogen-bond acceptors (Lipinski definition) is 9. The maximum Gasteiger partial charge on any atom is 0.267 e. The summed E-state index contributed by atoms with van der Waals surface area (Å²) in [5.41, 5.74) is 9.83. The Morgan fingerprint density at radius 1 is 1.06 bits per heavy atom. The van der Waals surface area contributed by atoms with E-state index in [1.807, 2.05) is 61.2 Å². The number of carbonyl (C=O) groups excluding carboxylic acids is 1. The van der Waals surface area contributed by atoms with Gasteiger partial charge in [0.2, 0.25) is 0 Å². The largest absolute Gasteiger partial charge is 0.381 e. The lowest BCUT2D eigenvalue weighted by atomic mass is 10.0. The molecule has 254 valence electrons. The van der Waals surface area contributed by atoms with E-state index in [4.69, 9.17) is 10.7 Å². The van der Waals surface area contributed by atoms with Gasteiger partial charge in [-0.3, -0.25) is 18.8 Å². The Labute approximate surface area is 289 Å². The average molecular weight is 670 g/mol. The summed E-state index contributed by atoms with van der Waals surface area (Å²) in [7, 11) is 3.97. The van der Waals surface area contributed by atoms with Gasteiger partial charge < -0.3 is 21.3 Å². The number of carbonyl (C=O) groups is 1. The predicted octanol–water partition coefficient (Wildman–Crippen LogP) is 2.86. The molecule has 5 heterocycles. The van der Waals surface area contributed by atoms with E-state index in [-0.39, 0.29) is 16.9 Å². The van der Waals surface area contributed by atoms with Gasteiger partial charge in [0.1, 0.15) is 11.4 Å². The van der Waals surface area contributed by atoms with E-state index < -0.39 is 11.9 Å². The van der Waals surface area contributed by atoms with Gasteiger partial charge >= 0.3 is 0 Å². The van der Waals surface area contributed by atoms with E-state index >= 15 is 0 Å². The lowest BCUT2D eigenvalue weighted by molar-refractivity contribution is 0.0940. The van der Waals surface area contributed by atoms with Gasteiger partial charge in [-0.05, 0) is 70.2 Å². The molecule has 1 amide bonds. The van der Waals surface area contributed by atoms with Crippen LogP contribution in [-0.2, 0) is 13.5 Å². The van der Waals surface area contributed by atoms with Crippen LogP contribution in [0.15, 0.2) is 78.0 Å². The summed E-state index contributed by atoms with van der Waals surface area (Å²) in [5.74, 6) is 6.51. The first-order chi connectivity index (χ1) is 24.3. The summed E-state index contributed by atoms with van der Waals surface area (Å²) in [5, 5.41) is 15.5. The standard InChI is InChI=1S/C37H39N11O2/c1-24(42-36(49)32-33(38)44-47-19-8-18-40-35(32)47)34-43-29-12-7-9-25(31(29)37(50)48(34)28-10-5-4-6-11-28)13-14-26-23-41-45(3)30(26)17-22-46-20-15-27(39-2)16-21-46/h4-12,18-19,23-24,27,39H,15-17,20-22H2,1-3H3,(H2,38,44)(H,42,49)/t24-/m1/s1. The molecule has 6 aromatic rings. The fraction of sp³-hybridized carbons (Fsp3) is 0.297. The Bertz CT molecular complexity index is 2310. The van der Waals surface area contributed by atoms with Gasteiger partial charge in [0.15, 0.2) is 11.5 Å². The lowest BCUT2D eigenvalue weighted by Gasteiger charge is -2.31. The van der Waals surface area contributed by atoms with Gasteiger partial charge in [0, 0.05) is 44.0 Å². The monoisotopic (exact) mass is 669 g/mol. The van der Waals surface area contributed by atoms with Crippen molar-refractivity contribution in [1.82, 2.24) is 49.5 Å². The van der Waals surface area contributed by atoms with Crippen molar-refractivity contribution < 1.29 is 4.79 Å². The Balaban J connectivity index is 1.23. The zero-order valence-corrected chi connectivity index (χ0v) is 28.3. The molecule has 7 rings (SSSR count). The molecule has 50 heavy (non-hydrogen) atoms. The number of anilines is 1. The average Bonchev–Trinajstić information content (AvgIpc) is 3.67. The Morgan fingerprint density at radius 3 is 2.62 bits per heavy atom. The molecule has 0 unspecified atom stereocenters. The molecular weight excluding hydrogens is 630 g/mol. The van der Waals surface area contributed by atoms with Gasteiger partial charge in [-0.15, -0.1) is 5.10 Å². The molecule has 0 radical (unpaired) electrons. The van der Waals surface area contributed by atoms with Crippen molar-refractivity contribution in [1.29, 1.82) is 0 Å². The number of likely N-dealkylation sites (tertiary alicyclic amines) is 1. The van der Waals surface area contributed by atoms with Crippen LogP contribution in [0.25, 0.3) is 22.2 Å². The summed E-state index contributed by atoms with van der Waals surface area (Å²) in [6.07, 6.45) is 8.14. The molecule has 1 atom stereocenters. The minimum atomic E-state index is -0.699. The van der Waals surface area contributed by atoms with Crippen LogP contribution in [0.1, 0.15) is 58.8 Å². The third-order valence-corrected chi connectivity index (χ3v) is 9.38. The smallest absolute Gasteiger partial charge is 0.267 e. The Hall–Kier alpha value is -5.84. The number of aromatic nitrogens is 7. The highest BCUT2D eigenvalue weighted by atomic mass is 16.2. The van der Waals surface area contributed by atoms with Crippen molar-refractivity contribution in [2.24, 2.45) is 7.05 Å². The Morgan fingerprint density at radius 2 is 1.84 bits per heavy atom. The first-order valence-electron chi connectivity index (χ1n) is 16.8. The van der Waals surface area contributed by atoms with E-state index in [1.165, 1.54) is 9.08 Å². The number of nitrogens with one attached hydrogen (secondary N) is 2. The molecule has 1 aliphatic heterocycles. The van der Waals surface area contributed by atoms with E-state index in [9.17, 15) is 9.59 Å². The molecule has 4 aromatic heterocycles. The Kier molecular flexibility index (Phi) is 9.12. The van der Waals surface area contributed by atoms with Crippen molar-refractivity contribution in [2.45, 2.75) is 38.3 Å². The summed E-state index contributed by atoms with van der Waals surface area (Å²) in [6, 6.07) is 16.3. The number of nitrogens with zero attached hydrogens (tertiary/aromatic N) is 8. The number of benzene rings is 2. The second-order valence-electron chi connectivity index (χ2n) is 12.5. The molecule has 1 fully saturated rings. The highest BCUT2D eigenvalue weighted by Crippen LogP contribution is 2.22. The number of nitrogens with two attached hydrogens (primary N) is 1. The minimum Gasteiger partial charge on any atom is -0.381 e. The molecule has 0 saturated carbocycles. The molecule has 0 spiro atoms. The van der Waals surface area contributed by atoms with Crippen molar-refractivity contribution in [3.63, 3.8) is 0 Å². The van der Waals surface area contributed by atoms with Gasteiger partial charge in [-0.2, -0.15) is 5.10 Å². The highest BCUT2D eigenvalue weighted by Gasteiger charge is 2.25. The maximum atomic E-state index is 14.5. The van der Waals surface area contributed by atoms with Crippen LogP contribution < -0.4 is 21.9 Å². The van der Waals surface area contributed by atoms with E-state index in [2.05, 4.69) is 42.6 Å².